The Hall–Kier alpha value is -2.83. The van der Waals surface area contributed by atoms with E-state index < -0.39 is 0 Å². The summed E-state index contributed by atoms with van der Waals surface area (Å²) in [5.41, 5.74) is 5.30. The summed E-state index contributed by atoms with van der Waals surface area (Å²) in [6, 6.07) is 19.7. The van der Waals surface area contributed by atoms with Gasteiger partial charge in [0.15, 0.2) is 0 Å². The van der Waals surface area contributed by atoms with Crippen LogP contribution in [-0.4, -0.2) is 40.3 Å². The maximum absolute atomic E-state index is 7.00. The lowest BCUT2D eigenvalue weighted by atomic mass is 10.0. The van der Waals surface area contributed by atoms with Gasteiger partial charge in [-0.15, -0.1) is 0 Å². The van der Waals surface area contributed by atoms with Crippen molar-refractivity contribution in [2.75, 3.05) is 13.7 Å². The number of aromatic nitrogens is 2. The number of benzene rings is 3. The first-order chi connectivity index (χ1) is 16.9. The fraction of sp³-hybridized carbons (Fsp3) is 0.185. The molecule has 1 atom stereocenters. The minimum absolute atomic E-state index is 0.00898. The standard InChI is InChI=1S/C26H20Cl3N3O.CH4O/c1-15-5-3-6-17(11-15)18-9-10-23(21(29)12-18)32-14-22(26-30-13-16(2)33-26)31-25(32)24-19(27)7-4-8-20(24)28;1-2/h3-12,14,16H,13H2,1-2H3;2H,1H3. The second-order valence-corrected chi connectivity index (χ2v) is 9.25. The van der Waals surface area contributed by atoms with Crippen LogP contribution in [0.25, 0.3) is 28.2 Å². The average Bonchev–Trinajstić information content (AvgIpc) is 3.47. The van der Waals surface area contributed by atoms with Crippen LogP contribution in [0.3, 0.4) is 0 Å². The zero-order valence-corrected chi connectivity index (χ0v) is 21.7. The van der Waals surface area contributed by atoms with E-state index in [2.05, 4.69) is 30.1 Å². The molecule has 8 heteroatoms. The van der Waals surface area contributed by atoms with Crippen molar-refractivity contribution in [3.8, 4) is 28.2 Å². The topological polar surface area (TPSA) is 59.6 Å². The van der Waals surface area contributed by atoms with Crippen LogP contribution < -0.4 is 0 Å². The van der Waals surface area contributed by atoms with Gasteiger partial charge in [-0.05, 0) is 49.2 Å². The maximum atomic E-state index is 7.00. The number of hydrogen-bond donors (Lipinski definition) is 1. The minimum atomic E-state index is 0.00898. The fourth-order valence-corrected chi connectivity index (χ4v) is 4.72. The van der Waals surface area contributed by atoms with E-state index in [0.29, 0.717) is 44.6 Å². The van der Waals surface area contributed by atoms with Gasteiger partial charge in [0.25, 0.3) is 0 Å². The number of aliphatic hydroxyl groups is 1. The molecule has 1 aliphatic rings. The highest BCUT2D eigenvalue weighted by molar-refractivity contribution is 6.39. The summed E-state index contributed by atoms with van der Waals surface area (Å²) >= 11 is 19.9. The number of imidazole rings is 1. The van der Waals surface area contributed by atoms with Gasteiger partial charge in [-0.1, -0.05) is 76.8 Å². The zero-order chi connectivity index (χ0) is 25.1. The molecule has 35 heavy (non-hydrogen) atoms. The van der Waals surface area contributed by atoms with Crippen LogP contribution in [0.2, 0.25) is 15.1 Å². The molecule has 0 fully saturated rings. The van der Waals surface area contributed by atoms with E-state index >= 15 is 0 Å². The number of nitrogens with zero attached hydrogens (tertiary/aromatic N) is 3. The summed E-state index contributed by atoms with van der Waals surface area (Å²) in [6.45, 7) is 4.64. The maximum Gasteiger partial charge on any atom is 0.237 e. The lowest BCUT2D eigenvalue weighted by molar-refractivity contribution is 0.246. The molecular weight excluding hydrogens is 505 g/mol. The van der Waals surface area contributed by atoms with Gasteiger partial charge in [-0.25, -0.2) is 9.98 Å². The molecule has 0 bridgehead atoms. The molecule has 0 spiro atoms. The number of rotatable bonds is 4. The van der Waals surface area contributed by atoms with Crippen LogP contribution >= 0.6 is 34.8 Å². The third-order valence-corrected chi connectivity index (χ3v) is 6.41. The number of halogens is 3. The van der Waals surface area contributed by atoms with Crippen molar-refractivity contribution in [1.82, 2.24) is 9.55 Å². The van der Waals surface area contributed by atoms with Gasteiger partial charge in [0, 0.05) is 13.3 Å². The molecule has 2 heterocycles. The van der Waals surface area contributed by atoms with E-state index in [9.17, 15) is 0 Å². The second-order valence-electron chi connectivity index (χ2n) is 8.03. The third-order valence-electron chi connectivity index (χ3n) is 5.47. The predicted octanol–water partition coefficient (Wildman–Crippen LogP) is 7.25. The smallest absolute Gasteiger partial charge is 0.237 e. The Kier molecular flexibility index (Phi) is 7.82. The van der Waals surface area contributed by atoms with E-state index in [1.165, 1.54) is 5.56 Å². The second kappa shape index (κ2) is 10.8. The Labute approximate surface area is 219 Å². The van der Waals surface area contributed by atoms with Gasteiger partial charge >= 0.3 is 0 Å². The van der Waals surface area contributed by atoms with E-state index in [1.54, 1.807) is 18.2 Å². The van der Waals surface area contributed by atoms with Crippen LogP contribution in [-0.2, 0) is 4.74 Å². The minimum Gasteiger partial charge on any atom is -0.471 e. The van der Waals surface area contributed by atoms with Crippen LogP contribution in [0.4, 0.5) is 0 Å². The number of aliphatic imine (C=N–C) groups is 1. The van der Waals surface area contributed by atoms with E-state index in [4.69, 9.17) is 49.6 Å². The van der Waals surface area contributed by atoms with Gasteiger partial charge in [-0.2, -0.15) is 0 Å². The Morgan fingerprint density at radius 2 is 1.60 bits per heavy atom. The summed E-state index contributed by atoms with van der Waals surface area (Å²) in [4.78, 5) is 9.29. The number of hydrogen-bond acceptors (Lipinski definition) is 4. The molecule has 1 aromatic heterocycles. The van der Waals surface area contributed by atoms with Crippen LogP contribution in [0.5, 0.6) is 0 Å². The van der Waals surface area contributed by atoms with Crippen LogP contribution in [0, 0.1) is 6.92 Å². The Balaban J connectivity index is 0.00000141. The summed E-state index contributed by atoms with van der Waals surface area (Å²) in [5, 5.41) is 8.57. The molecule has 0 saturated heterocycles. The molecule has 1 aliphatic heterocycles. The van der Waals surface area contributed by atoms with Crippen LogP contribution in [0.15, 0.2) is 71.9 Å². The molecule has 0 amide bonds. The highest BCUT2D eigenvalue weighted by Crippen LogP contribution is 2.37. The monoisotopic (exact) mass is 527 g/mol. The van der Waals surface area contributed by atoms with Gasteiger partial charge in [0.1, 0.15) is 17.6 Å². The summed E-state index contributed by atoms with van der Waals surface area (Å²) in [6.07, 6.45) is 1.87. The average molecular weight is 529 g/mol. The van der Waals surface area contributed by atoms with Gasteiger partial charge in [0.05, 0.1) is 32.9 Å². The van der Waals surface area contributed by atoms with Crippen molar-refractivity contribution in [2.24, 2.45) is 4.99 Å². The SMILES string of the molecule is CO.Cc1cccc(-c2ccc(-n3cc(C4=NCC(C)O4)nc3-c3c(Cl)cccc3Cl)c(Cl)c2)c1. The van der Waals surface area contributed by atoms with E-state index in [0.717, 1.165) is 23.9 Å². The Morgan fingerprint density at radius 1 is 0.914 bits per heavy atom. The van der Waals surface area contributed by atoms with Crippen molar-refractivity contribution in [2.45, 2.75) is 20.0 Å². The molecule has 5 rings (SSSR count). The largest absolute Gasteiger partial charge is 0.471 e. The number of aryl methyl sites for hydroxylation is 1. The molecule has 0 saturated carbocycles. The van der Waals surface area contributed by atoms with Crippen molar-refractivity contribution in [3.63, 3.8) is 0 Å². The molecular formula is C27H24Cl3N3O2. The van der Waals surface area contributed by atoms with Crippen molar-refractivity contribution in [3.05, 3.63) is 93.2 Å². The fourth-order valence-electron chi connectivity index (χ4n) is 3.88. The van der Waals surface area contributed by atoms with Gasteiger partial charge < -0.3 is 9.84 Å². The van der Waals surface area contributed by atoms with Crippen molar-refractivity contribution < 1.29 is 9.84 Å². The lowest BCUT2D eigenvalue weighted by Gasteiger charge is -2.13. The highest BCUT2D eigenvalue weighted by atomic mass is 35.5. The summed E-state index contributed by atoms with van der Waals surface area (Å²) in [5.74, 6) is 1.06. The quantitative estimate of drug-likeness (QED) is 0.303. The first-order valence-corrected chi connectivity index (χ1v) is 12.1. The molecule has 5 nitrogen and oxygen atoms in total. The summed E-state index contributed by atoms with van der Waals surface area (Å²) in [7, 11) is 1.00. The van der Waals surface area contributed by atoms with E-state index in [-0.39, 0.29) is 6.10 Å². The first-order valence-electron chi connectivity index (χ1n) is 11.0. The summed E-state index contributed by atoms with van der Waals surface area (Å²) < 4.78 is 7.73. The normalized spacial score (nSPS) is 14.7. The van der Waals surface area contributed by atoms with Crippen molar-refractivity contribution in [1.29, 1.82) is 0 Å². The van der Waals surface area contributed by atoms with Gasteiger partial charge in [0.2, 0.25) is 5.90 Å². The molecule has 3 aromatic carbocycles. The predicted molar refractivity (Wildman–Crippen MR) is 144 cm³/mol. The molecule has 0 aliphatic carbocycles. The molecule has 1 unspecified atom stereocenters. The van der Waals surface area contributed by atoms with Gasteiger partial charge in [-0.3, -0.25) is 4.57 Å². The third kappa shape index (κ3) is 5.24. The first kappa shape index (κ1) is 25.3. The van der Waals surface area contributed by atoms with Crippen molar-refractivity contribution >= 4 is 40.7 Å². The molecule has 0 radical (unpaired) electrons. The molecule has 180 valence electrons. The lowest BCUT2D eigenvalue weighted by Crippen LogP contribution is -2.08. The molecule has 4 aromatic rings. The number of ether oxygens (including phenoxy) is 1. The Morgan fingerprint density at radius 3 is 2.23 bits per heavy atom. The van der Waals surface area contributed by atoms with E-state index in [1.807, 2.05) is 42.0 Å². The van der Waals surface area contributed by atoms with Crippen LogP contribution in [0.1, 0.15) is 18.2 Å². The Bertz CT molecular complexity index is 1380. The molecule has 1 N–H and O–H groups in total. The number of aliphatic hydroxyl groups excluding tert-OH is 1. The zero-order valence-electron chi connectivity index (χ0n) is 19.5. The highest BCUT2D eigenvalue weighted by Gasteiger charge is 2.24.